The molecule has 0 aliphatic rings. The number of amides is 2. The van der Waals surface area contributed by atoms with Gasteiger partial charge in [-0.2, -0.15) is 0 Å². The van der Waals surface area contributed by atoms with Crippen LogP contribution in [0.25, 0.3) is 0 Å². The second-order valence-electron chi connectivity index (χ2n) is 4.54. The van der Waals surface area contributed by atoms with Gasteiger partial charge in [-0.05, 0) is 39.3 Å². The summed E-state index contributed by atoms with van der Waals surface area (Å²) in [6.45, 7) is 1.72. The van der Waals surface area contributed by atoms with E-state index in [0.29, 0.717) is 19.4 Å². The number of hydrogen-bond acceptors (Lipinski definition) is 3. The summed E-state index contributed by atoms with van der Waals surface area (Å²) >= 11 is 0. The molecule has 5 nitrogen and oxygen atoms in total. The molecule has 106 valence electrons. The topological polar surface area (TPSA) is 84.2 Å². The van der Waals surface area contributed by atoms with E-state index in [4.69, 9.17) is 5.73 Å². The predicted octanol–water partition coefficient (Wildman–Crippen LogP) is 0.928. The van der Waals surface area contributed by atoms with Crippen LogP contribution in [-0.4, -0.2) is 32.0 Å². The van der Waals surface area contributed by atoms with Crippen molar-refractivity contribution in [1.29, 1.82) is 0 Å². The number of carbonyl (C=O) groups excluding carboxylic acids is 2. The maximum atomic E-state index is 11.4. The van der Waals surface area contributed by atoms with Gasteiger partial charge in [0.15, 0.2) is 0 Å². The van der Waals surface area contributed by atoms with Crippen LogP contribution in [0.4, 0.5) is 0 Å². The lowest BCUT2D eigenvalue weighted by molar-refractivity contribution is -0.121. The first kappa shape index (κ1) is 16.9. The van der Waals surface area contributed by atoms with Crippen molar-refractivity contribution in [2.45, 2.75) is 51.4 Å². The SMILES string of the molecule is CNCCCCCC(=O)NCCCCCC(N)=O. The third-order valence-electron chi connectivity index (χ3n) is 2.75. The van der Waals surface area contributed by atoms with Gasteiger partial charge in [-0.3, -0.25) is 9.59 Å². The molecule has 0 spiro atoms. The predicted molar refractivity (Wildman–Crippen MR) is 73.1 cm³/mol. The third-order valence-corrected chi connectivity index (χ3v) is 2.75. The fraction of sp³-hybridized carbons (Fsp3) is 0.846. The fourth-order valence-corrected chi connectivity index (χ4v) is 1.68. The van der Waals surface area contributed by atoms with Gasteiger partial charge in [-0.15, -0.1) is 0 Å². The van der Waals surface area contributed by atoms with E-state index in [1.165, 1.54) is 0 Å². The van der Waals surface area contributed by atoms with Gasteiger partial charge >= 0.3 is 0 Å². The number of nitrogens with one attached hydrogen (secondary N) is 2. The molecule has 5 heteroatoms. The Kier molecular flexibility index (Phi) is 11.6. The zero-order valence-electron chi connectivity index (χ0n) is 11.5. The van der Waals surface area contributed by atoms with Crippen LogP contribution in [0.2, 0.25) is 0 Å². The lowest BCUT2D eigenvalue weighted by atomic mass is 10.1. The highest BCUT2D eigenvalue weighted by Crippen LogP contribution is 2.00. The highest BCUT2D eigenvalue weighted by atomic mass is 16.1. The summed E-state index contributed by atoms with van der Waals surface area (Å²) in [6.07, 6.45) is 6.89. The second kappa shape index (κ2) is 12.4. The Morgan fingerprint density at radius 1 is 0.889 bits per heavy atom. The van der Waals surface area contributed by atoms with E-state index in [9.17, 15) is 9.59 Å². The van der Waals surface area contributed by atoms with E-state index < -0.39 is 0 Å². The molecule has 0 bridgehead atoms. The summed E-state index contributed by atoms with van der Waals surface area (Å²) in [7, 11) is 1.94. The molecule has 0 radical (unpaired) electrons. The highest BCUT2D eigenvalue weighted by molar-refractivity contribution is 5.75. The van der Waals surface area contributed by atoms with Gasteiger partial charge in [-0.1, -0.05) is 12.8 Å². The van der Waals surface area contributed by atoms with Crippen molar-refractivity contribution >= 4 is 11.8 Å². The first-order valence-electron chi connectivity index (χ1n) is 6.86. The second-order valence-corrected chi connectivity index (χ2v) is 4.54. The van der Waals surface area contributed by atoms with Gasteiger partial charge in [0.1, 0.15) is 0 Å². The molecule has 0 rings (SSSR count). The molecule has 0 fully saturated rings. The summed E-state index contributed by atoms with van der Waals surface area (Å²) in [4.78, 5) is 21.9. The van der Waals surface area contributed by atoms with Crippen LogP contribution in [0.15, 0.2) is 0 Å². The molecule has 0 unspecified atom stereocenters. The smallest absolute Gasteiger partial charge is 0.219 e. The summed E-state index contributed by atoms with van der Waals surface area (Å²) in [5.74, 6) is -0.116. The molecule has 4 N–H and O–H groups in total. The lowest BCUT2D eigenvalue weighted by Crippen LogP contribution is -2.24. The number of rotatable bonds is 12. The third kappa shape index (κ3) is 13.0. The molecule has 2 amide bonds. The van der Waals surface area contributed by atoms with Crippen LogP contribution in [0.5, 0.6) is 0 Å². The van der Waals surface area contributed by atoms with Crippen molar-refractivity contribution in [2.75, 3.05) is 20.1 Å². The van der Waals surface area contributed by atoms with Gasteiger partial charge in [0, 0.05) is 19.4 Å². The molecule has 0 aromatic heterocycles. The van der Waals surface area contributed by atoms with Crippen LogP contribution in [0.1, 0.15) is 51.4 Å². The van der Waals surface area contributed by atoms with Crippen LogP contribution < -0.4 is 16.4 Å². The van der Waals surface area contributed by atoms with E-state index in [0.717, 1.165) is 45.1 Å². The zero-order chi connectivity index (χ0) is 13.6. The summed E-state index contributed by atoms with van der Waals surface area (Å²) in [5.41, 5.74) is 5.03. The molecule has 18 heavy (non-hydrogen) atoms. The molecule has 0 aromatic carbocycles. The minimum absolute atomic E-state index is 0.134. The molecule has 0 heterocycles. The van der Waals surface area contributed by atoms with Crippen molar-refractivity contribution < 1.29 is 9.59 Å². The highest BCUT2D eigenvalue weighted by Gasteiger charge is 2.00. The molecule has 0 atom stereocenters. The number of carbonyl (C=O) groups is 2. The monoisotopic (exact) mass is 257 g/mol. The molecule has 0 aliphatic heterocycles. The van der Waals surface area contributed by atoms with E-state index in [1.54, 1.807) is 0 Å². The van der Waals surface area contributed by atoms with E-state index in [-0.39, 0.29) is 11.8 Å². The average molecular weight is 257 g/mol. The van der Waals surface area contributed by atoms with Gasteiger partial charge in [0.05, 0.1) is 0 Å². The Hall–Kier alpha value is -1.10. The Bertz CT molecular complexity index is 232. The molecule has 0 saturated heterocycles. The van der Waals surface area contributed by atoms with Crippen LogP contribution >= 0.6 is 0 Å². The largest absolute Gasteiger partial charge is 0.370 e. The molecular weight excluding hydrogens is 230 g/mol. The zero-order valence-corrected chi connectivity index (χ0v) is 11.5. The maximum Gasteiger partial charge on any atom is 0.219 e. The van der Waals surface area contributed by atoms with Crippen molar-refractivity contribution in [3.8, 4) is 0 Å². The Balaban J connectivity index is 3.19. The Labute approximate surface area is 110 Å². The number of unbranched alkanes of at least 4 members (excludes halogenated alkanes) is 4. The molecule has 0 aliphatic carbocycles. The van der Waals surface area contributed by atoms with Gasteiger partial charge in [-0.25, -0.2) is 0 Å². The van der Waals surface area contributed by atoms with Crippen LogP contribution in [0.3, 0.4) is 0 Å². The van der Waals surface area contributed by atoms with E-state index in [1.807, 2.05) is 7.05 Å². The number of nitrogens with two attached hydrogens (primary N) is 1. The van der Waals surface area contributed by atoms with Crippen LogP contribution in [-0.2, 0) is 9.59 Å². The van der Waals surface area contributed by atoms with Gasteiger partial charge < -0.3 is 16.4 Å². The van der Waals surface area contributed by atoms with Crippen molar-refractivity contribution in [1.82, 2.24) is 10.6 Å². The average Bonchev–Trinajstić information content (AvgIpc) is 2.33. The fourth-order valence-electron chi connectivity index (χ4n) is 1.68. The first-order chi connectivity index (χ1) is 8.66. The van der Waals surface area contributed by atoms with Crippen molar-refractivity contribution in [3.05, 3.63) is 0 Å². The quantitative estimate of drug-likeness (QED) is 0.455. The summed E-state index contributed by atoms with van der Waals surface area (Å²) in [5, 5.41) is 5.98. The van der Waals surface area contributed by atoms with Crippen molar-refractivity contribution in [2.24, 2.45) is 5.73 Å². The molecule has 0 saturated carbocycles. The summed E-state index contributed by atoms with van der Waals surface area (Å²) < 4.78 is 0. The van der Waals surface area contributed by atoms with Crippen molar-refractivity contribution in [3.63, 3.8) is 0 Å². The van der Waals surface area contributed by atoms with Gasteiger partial charge in [0.25, 0.3) is 0 Å². The first-order valence-corrected chi connectivity index (χ1v) is 6.86. The summed E-state index contributed by atoms with van der Waals surface area (Å²) in [6, 6.07) is 0. The van der Waals surface area contributed by atoms with E-state index >= 15 is 0 Å². The Morgan fingerprint density at radius 2 is 1.50 bits per heavy atom. The molecule has 0 aromatic rings. The Morgan fingerprint density at radius 3 is 2.11 bits per heavy atom. The normalized spacial score (nSPS) is 10.3. The van der Waals surface area contributed by atoms with Gasteiger partial charge in [0.2, 0.25) is 11.8 Å². The van der Waals surface area contributed by atoms with E-state index in [2.05, 4.69) is 10.6 Å². The number of hydrogen-bond donors (Lipinski definition) is 3. The molecular formula is C13H27N3O2. The maximum absolute atomic E-state index is 11.4. The van der Waals surface area contributed by atoms with Crippen LogP contribution in [0, 0.1) is 0 Å². The standard InChI is InChI=1S/C13H27N3O2/c1-15-10-6-3-5-9-13(18)16-11-7-2-4-8-12(14)17/h15H,2-11H2,1H3,(H2,14,17)(H,16,18). The minimum Gasteiger partial charge on any atom is -0.370 e. The number of primary amides is 1. The minimum atomic E-state index is -0.249. The lowest BCUT2D eigenvalue weighted by Gasteiger charge is -2.05.